The van der Waals surface area contributed by atoms with Crippen molar-refractivity contribution in [3.8, 4) is 6.07 Å². The molecule has 0 radical (unpaired) electrons. The van der Waals surface area contributed by atoms with Gasteiger partial charge in [-0.05, 0) is 32.9 Å². The van der Waals surface area contributed by atoms with Crippen molar-refractivity contribution in [2.24, 2.45) is 7.05 Å². The third-order valence-corrected chi connectivity index (χ3v) is 4.12. The van der Waals surface area contributed by atoms with Crippen molar-refractivity contribution in [3.63, 3.8) is 0 Å². The van der Waals surface area contributed by atoms with Crippen LogP contribution in [0.15, 0.2) is 18.2 Å². The van der Waals surface area contributed by atoms with Gasteiger partial charge in [-0.3, -0.25) is 4.68 Å². The number of anilines is 1. The zero-order valence-electron chi connectivity index (χ0n) is 13.7. The molecule has 6 nitrogen and oxygen atoms in total. The summed E-state index contributed by atoms with van der Waals surface area (Å²) in [7, 11) is 1.93. The van der Waals surface area contributed by atoms with Crippen LogP contribution in [0.1, 0.15) is 28.2 Å². The number of aromatic nitrogens is 4. The van der Waals surface area contributed by atoms with Gasteiger partial charge in [-0.2, -0.15) is 10.4 Å². The van der Waals surface area contributed by atoms with Crippen LogP contribution in [0.3, 0.4) is 0 Å². The number of nitrogens with zero attached hydrogens (tertiary/aromatic N) is 5. The quantitative estimate of drug-likeness (QED) is 0.805. The minimum absolute atomic E-state index is 0.308. The third kappa shape index (κ3) is 2.61. The van der Waals surface area contributed by atoms with Gasteiger partial charge in [0, 0.05) is 30.2 Å². The number of fused-ring (bicyclic) bond motifs is 1. The summed E-state index contributed by atoms with van der Waals surface area (Å²) >= 11 is 0. The van der Waals surface area contributed by atoms with E-state index in [0.717, 1.165) is 39.1 Å². The van der Waals surface area contributed by atoms with E-state index in [9.17, 15) is 5.26 Å². The lowest BCUT2D eigenvalue weighted by Gasteiger charge is -2.11. The molecule has 6 heteroatoms. The Hall–Kier alpha value is -2.94. The highest BCUT2D eigenvalue weighted by atomic mass is 15.3. The SMILES string of the molecule is Cc1ccc2nnc(C#N)c(NCc3c(C)nn(C)c3C)c2c1. The fourth-order valence-electron chi connectivity index (χ4n) is 2.73. The van der Waals surface area contributed by atoms with E-state index in [0.29, 0.717) is 12.2 Å². The molecule has 2 heterocycles. The molecule has 0 aliphatic carbocycles. The second-order valence-electron chi connectivity index (χ2n) is 5.68. The van der Waals surface area contributed by atoms with Crippen molar-refractivity contribution >= 4 is 16.6 Å². The van der Waals surface area contributed by atoms with Crippen molar-refractivity contribution in [2.75, 3.05) is 5.32 Å². The van der Waals surface area contributed by atoms with Gasteiger partial charge in [0.2, 0.25) is 0 Å². The van der Waals surface area contributed by atoms with Crippen molar-refractivity contribution in [3.05, 3.63) is 46.4 Å². The van der Waals surface area contributed by atoms with Gasteiger partial charge in [0.1, 0.15) is 6.07 Å². The topological polar surface area (TPSA) is 79.4 Å². The summed E-state index contributed by atoms with van der Waals surface area (Å²) in [6, 6.07) is 8.05. The average Bonchev–Trinajstić information content (AvgIpc) is 2.77. The van der Waals surface area contributed by atoms with Gasteiger partial charge in [0.15, 0.2) is 5.69 Å². The molecular weight excluding hydrogens is 288 g/mol. The van der Waals surface area contributed by atoms with Gasteiger partial charge in [-0.25, -0.2) is 0 Å². The zero-order valence-corrected chi connectivity index (χ0v) is 13.7. The molecule has 0 spiro atoms. The van der Waals surface area contributed by atoms with Crippen molar-refractivity contribution in [2.45, 2.75) is 27.3 Å². The monoisotopic (exact) mass is 306 g/mol. The van der Waals surface area contributed by atoms with Crippen LogP contribution in [-0.2, 0) is 13.6 Å². The number of rotatable bonds is 3. The number of nitriles is 1. The van der Waals surface area contributed by atoms with Crippen LogP contribution in [0.2, 0.25) is 0 Å². The maximum absolute atomic E-state index is 9.35. The summed E-state index contributed by atoms with van der Waals surface area (Å²) in [4.78, 5) is 0. The van der Waals surface area contributed by atoms with Gasteiger partial charge >= 0.3 is 0 Å². The molecule has 0 bridgehead atoms. The second kappa shape index (κ2) is 5.69. The molecule has 116 valence electrons. The first-order valence-electron chi connectivity index (χ1n) is 7.41. The molecule has 2 aromatic heterocycles. The molecule has 3 aromatic rings. The number of nitrogens with one attached hydrogen (secondary N) is 1. The van der Waals surface area contributed by atoms with Crippen LogP contribution in [0.25, 0.3) is 10.9 Å². The largest absolute Gasteiger partial charge is 0.378 e. The third-order valence-electron chi connectivity index (χ3n) is 4.12. The lowest BCUT2D eigenvalue weighted by molar-refractivity contribution is 0.730. The van der Waals surface area contributed by atoms with E-state index in [-0.39, 0.29) is 0 Å². The van der Waals surface area contributed by atoms with E-state index in [2.05, 4.69) is 26.7 Å². The summed E-state index contributed by atoms with van der Waals surface area (Å²) in [6.45, 7) is 6.64. The summed E-state index contributed by atoms with van der Waals surface area (Å²) in [5.74, 6) is 0. The summed E-state index contributed by atoms with van der Waals surface area (Å²) in [5.41, 5.74) is 6.15. The Morgan fingerprint density at radius 2 is 2.00 bits per heavy atom. The molecule has 0 amide bonds. The van der Waals surface area contributed by atoms with E-state index in [1.165, 1.54) is 0 Å². The molecule has 0 unspecified atom stereocenters. The van der Waals surface area contributed by atoms with E-state index in [4.69, 9.17) is 0 Å². The molecule has 23 heavy (non-hydrogen) atoms. The lowest BCUT2D eigenvalue weighted by Crippen LogP contribution is -2.06. The van der Waals surface area contributed by atoms with Crippen molar-refractivity contribution in [1.29, 1.82) is 5.26 Å². The Morgan fingerprint density at radius 3 is 2.65 bits per heavy atom. The van der Waals surface area contributed by atoms with Gasteiger partial charge in [-0.15, -0.1) is 10.2 Å². The molecule has 0 fully saturated rings. The van der Waals surface area contributed by atoms with Crippen molar-refractivity contribution in [1.82, 2.24) is 20.0 Å². The minimum atomic E-state index is 0.308. The Labute approximate surface area is 134 Å². The zero-order chi connectivity index (χ0) is 16.6. The van der Waals surface area contributed by atoms with Crippen LogP contribution in [0, 0.1) is 32.1 Å². The molecule has 0 saturated heterocycles. The van der Waals surface area contributed by atoms with E-state index in [1.54, 1.807) is 0 Å². The van der Waals surface area contributed by atoms with Gasteiger partial charge < -0.3 is 5.32 Å². The van der Waals surface area contributed by atoms with E-state index in [1.807, 2.05) is 50.7 Å². The normalized spacial score (nSPS) is 10.7. The number of benzene rings is 1. The maximum Gasteiger partial charge on any atom is 0.186 e. The van der Waals surface area contributed by atoms with Gasteiger partial charge in [0.25, 0.3) is 0 Å². The first kappa shape index (κ1) is 15.0. The standard InChI is InChI=1S/C17H18N6/c1-10-5-6-15-13(7-10)17(16(8-18)21-20-15)19-9-14-11(2)22-23(4)12(14)3/h5-7H,9H2,1-4H3,(H,19,20). The molecular formula is C17H18N6. The Morgan fingerprint density at radius 1 is 1.22 bits per heavy atom. The maximum atomic E-state index is 9.35. The molecule has 1 aromatic carbocycles. The van der Waals surface area contributed by atoms with Gasteiger partial charge in [0.05, 0.1) is 16.9 Å². The summed E-state index contributed by atoms with van der Waals surface area (Å²) < 4.78 is 1.87. The van der Waals surface area contributed by atoms with Crippen molar-refractivity contribution < 1.29 is 0 Å². The molecule has 0 atom stereocenters. The molecule has 3 rings (SSSR count). The number of aryl methyl sites for hydroxylation is 3. The van der Waals surface area contributed by atoms with Crippen LogP contribution >= 0.6 is 0 Å². The minimum Gasteiger partial charge on any atom is -0.378 e. The molecule has 0 aliphatic heterocycles. The van der Waals surface area contributed by atoms with Crippen LogP contribution < -0.4 is 5.32 Å². The highest BCUT2D eigenvalue weighted by molar-refractivity contribution is 5.93. The average molecular weight is 306 g/mol. The van der Waals surface area contributed by atoms with Gasteiger partial charge in [-0.1, -0.05) is 11.6 Å². The second-order valence-corrected chi connectivity index (χ2v) is 5.68. The Kier molecular flexibility index (Phi) is 3.70. The Bertz CT molecular complexity index is 932. The smallest absolute Gasteiger partial charge is 0.186 e. The van der Waals surface area contributed by atoms with E-state index < -0.39 is 0 Å². The highest BCUT2D eigenvalue weighted by Gasteiger charge is 2.13. The number of hydrogen-bond donors (Lipinski definition) is 1. The predicted octanol–water partition coefficient (Wildman–Crippen LogP) is 2.77. The fourth-order valence-corrected chi connectivity index (χ4v) is 2.73. The lowest BCUT2D eigenvalue weighted by atomic mass is 10.1. The first-order chi connectivity index (χ1) is 11.0. The molecule has 1 N–H and O–H groups in total. The Balaban J connectivity index is 2.05. The van der Waals surface area contributed by atoms with Crippen LogP contribution in [0.5, 0.6) is 0 Å². The molecule has 0 saturated carbocycles. The predicted molar refractivity (Wildman–Crippen MR) is 89.0 cm³/mol. The van der Waals surface area contributed by atoms with Crippen LogP contribution in [-0.4, -0.2) is 20.0 Å². The number of hydrogen-bond acceptors (Lipinski definition) is 5. The van der Waals surface area contributed by atoms with Crippen LogP contribution in [0.4, 0.5) is 5.69 Å². The fraction of sp³-hybridized carbons (Fsp3) is 0.294. The first-order valence-corrected chi connectivity index (χ1v) is 7.41. The highest BCUT2D eigenvalue weighted by Crippen LogP contribution is 2.26. The van der Waals surface area contributed by atoms with E-state index >= 15 is 0 Å². The molecule has 0 aliphatic rings. The summed E-state index contributed by atoms with van der Waals surface area (Å²) in [5, 5.41) is 26.2. The summed E-state index contributed by atoms with van der Waals surface area (Å²) in [6.07, 6.45) is 0.